The molecule has 0 saturated heterocycles. The van der Waals surface area contributed by atoms with Crippen molar-refractivity contribution in [3.8, 4) is 6.07 Å². The molecule has 0 aromatic carbocycles. The van der Waals surface area contributed by atoms with Crippen LogP contribution in [0, 0.1) is 31.1 Å². The summed E-state index contributed by atoms with van der Waals surface area (Å²) in [6.45, 7) is 5.65. The largest absolute Gasteiger partial charge is 0.361 e. The van der Waals surface area contributed by atoms with Crippen LogP contribution in [0.25, 0.3) is 0 Å². The standard InChI is InChI=1S/C17H19N3O2S/c1-4-11-5-6-12-13(8-18)17(23-14(12)7-11)19-16(21)15-9(2)20-22-10(15)3/h11H,4-7H2,1-3H3,(H,19,21)/t11-/m1/s1. The van der Waals surface area contributed by atoms with Crippen molar-refractivity contribution < 1.29 is 9.32 Å². The van der Waals surface area contributed by atoms with Crippen molar-refractivity contribution in [2.45, 2.75) is 46.5 Å². The van der Waals surface area contributed by atoms with E-state index in [1.54, 1.807) is 13.8 Å². The van der Waals surface area contributed by atoms with Crippen LogP contribution in [0.3, 0.4) is 0 Å². The Balaban J connectivity index is 1.91. The third-order valence-corrected chi connectivity index (χ3v) is 5.71. The highest BCUT2D eigenvalue weighted by Gasteiger charge is 2.27. The van der Waals surface area contributed by atoms with Crippen LogP contribution >= 0.6 is 11.3 Å². The van der Waals surface area contributed by atoms with Gasteiger partial charge in [-0.25, -0.2) is 0 Å². The molecular formula is C17H19N3O2S. The monoisotopic (exact) mass is 329 g/mol. The normalized spacial score (nSPS) is 16.7. The van der Waals surface area contributed by atoms with E-state index in [0.29, 0.717) is 33.5 Å². The average molecular weight is 329 g/mol. The van der Waals surface area contributed by atoms with Crippen LogP contribution in [0.4, 0.5) is 5.00 Å². The molecule has 0 spiro atoms. The molecule has 1 amide bonds. The van der Waals surface area contributed by atoms with Crippen LogP contribution in [-0.2, 0) is 12.8 Å². The number of nitrogens with one attached hydrogen (secondary N) is 1. The molecule has 0 saturated carbocycles. The molecule has 1 aliphatic rings. The minimum absolute atomic E-state index is 0.261. The quantitative estimate of drug-likeness (QED) is 0.923. The SMILES string of the molecule is CC[C@@H]1CCc2c(sc(NC(=O)c3c(C)noc3C)c2C#N)C1. The Labute approximate surface area is 139 Å². The van der Waals surface area contributed by atoms with Crippen molar-refractivity contribution in [1.29, 1.82) is 5.26 Å². The Morgan fingerprint density at radius 1 is 1.52 bits per heavy atom. The number of rotatable bonds is 3. The van der Waals surface area contributed by atoms with Gasteiger partial charge < -0.3 is 9.84 Å². The maximum Gasteiger partial charge on any atom is 0.261 e. The third kappa shape index (κ3) is 2.77. The van der Waals surface area contributed by atoms with Gasteiger partial charge in [0.15, 0.2) is 0 Å². The second-order valence-corrected chi connectivity index (χ2v) is 7.10. The van der Waals surface area contributed by atoms with Gasteiger partial charge in [0.05, 0.1) is 11.3 Å². The van der Waals surface area contributed by atoms with E-state index in [1.807, 2.05) is 0 Å². The van der Waals surface area contributed by atoms with E-state index in [2.05, 4.69) is 23.5 Å². The van der Waals surface area contributed by atoms with Gasteiger partial charge in [0, 0.05) is 4.88 Å². The van der Waals surface area contributed by atoms with E-state index >= 15 is 0 Å². The maximum atomic E-state index is 12.5. The van der Waals surface area contributed by atoms with Gasteiger partial charge in [-0.3, -0.25) is 4.79 Å². The van der Waals surface area contributed by atoms with Crippen LogP contribution < -0.4 is 5.32 Å². The van der Waals surface area contributed by atoms with Crippen LogP contribution in [0.15, 0.2) is 4.52 Å². The molecule has 5 nitrogen and oxygen atoms in total. The molecule has 3 rings (SSSR count). The molecule has 0 fully saturated rings. The van der Waals surface area contributed by atoms with Crippen molar-refractivity contribution >= 4 is 22.2 Å². The van der Waals surface area contributed by atoms with Crippen LogP contribution in [0.1, 0.15) is 57.6 Å². The molecule has 0 aliphatic heterocycles. The summed E-state index contributed by atoms with van der Waals surface area (Å²) in [7, 11) is 0. The Bertz CT molecular complexity index is 778. The van der Waals surface area contributed by atoms with Gasteiger partial charge in [-0.15, -0.1) is 11.3 Å². The first-order valence-electron chi connectivity index (χ1n) is 7.84. The van der Waals surface area contributed by atoms with E-state index in [1.165, 1.54) is 16.2 Å². The number of thiophene rings is 1. The highest BCUT2D eigenvalue weighted by atomic mass is 32.1. The number of hydrogen-bond donors (Lipinski definition) is 1. The second kappa shape index (κ2) is 6.17. The van der Waals surface area contributed by atoms with Gasteiger partial charge in [-0.1, -0.05) is 18.5 Å². The van der Waals surface area contributed by atoms with Crippen LogP contribution in [0.5, 0.6) is 0 Å². The van der Waals surface area contributed by atoms with Crippen LogP contribution in [0.2, 0.25) is 0 Å². The summed E-state index contributed by atoms with van der Waals surface area (Å²) in [5.41, 5.74) is 2.76. The summed E-state index contributed by atoms with van der Waals surface area (Å²) < 4.78 is 5.05. The Morgan fingerprint density at radius 2 is 2.30 bits per heavy atom. The van der Waals surface area contributed by atoms with Crippen LogP contribution in [-0.4, -0.2) is 11.1 Å². The number of nitrogens with zero attached hydrogens (tertiary/aromatic N) is 2. The van der Waals surface area contributed by atoms with Crippen molar-refractivity contribution in [2.75, 3.05) is 5.32 Å². The lowest BCUT2D eigenvalue weighted by Gasteiger charge is -2.20. The van der Waals surface area contributed by atoms with Crippen molar-refractivity contribution in [1.82, 2.24) is 5.16 Å². The molecule has 0 unspecified atom stereocenters. The maximum absolute atomic E-state index is 12.5. The average Bonchev–Trinajstić information content (AvgIpc) is 3.05. The molecule has 0 radical (unpaired) electrons. The van der Waals surface area contributed by atoms with Gasteiger partial charge in [0.25, 0.3) is 5.91 Å². The smallest absolute Gasteiger partial charge is 0.261 e. The number of amides is 1. The number of aromatic nitrogens is 1. The lowest BCUT2D eigenvalue weighted by molar-refractivity contribution is 0.102. The Kier molecular flexibility index (Phi) is 4.22. The molecule has 0 bridgehead atoms. The number of aryl methyl sites for hydroxylation is 2. The molecule has 2 heterocycles. The predicted molar refractivity (Wildman–Crippen MR) is 88.8 cm³/mol. The zero-order valence-electron chi connectivity index (χ0n) is 13.5. The number of anilines is 1. The highest BCUT2D eigenvalue weighted by Crippen LogP contribution is 2.40. The molecule has 1 atom stereocenters. The third-order valence-electron chi connectivity index (χ3n) is 4.54. The van der Waals surface area contributed by atoms with Crippen molar-refractivity contribution in [3.05, 3.63) is 33.0 Å². The lowest BCUT2D eigenvalue weighted by Crippen LogP contribution is -2.14. The molecule has 2 aromatic heterocycles. The zero-order chi connectivity index (χ0) is 16.6. The van der Waals surface area contributed by atoms with E-state index in [9.17, 15) is 10.1 Å². The summed E-state index contributed by atoms with van der Waals surface area (Å²) in [6, 6.07) is 2.27. The van der Waals surface area contributed by atoms with Crippen molar-refractivity contribution in [3.63, 3.8) is 0 Å². The minimum Gasteiger partial charge on any atom is -0.361 e. The summed E-state index contributed by atoms with van der Waals surface area (Å²) in [4.78, 5) is 13.7. The van der Waals surface area contributed by atoms with Gasteiger partial charge in [0.1, 0.15) is 22.4 Å². The number of hydrogen-bond acceptors (Lipinski definition) is 5. The molecule has 120 valence electrons. The summed E-state index contributed by atoms with van der Waals surface area (Å²) in [5.74, 6) is 0.910. The van der Waals surface area contributed by atoms with E-state index in [-0.39, 0.29) is 5.91 Å². The second-order valence-electron chi connectivity index (χ2n) is 5.99. The number of carbonyl (C=O) groups excluding carboxylic acids is 1. The molecule has 23 heavy (non-hydrogen) atoms. The van der Waals surface area contributed by atoms with Crippen molar-refractivity contribution in [2.24, 2.45) is 5.92 Å². The fourth-order valence-electron chi connectivity index (χ4n) is 3.18. The first-order chi connectivity index (χ1) is 11.0. The first kappa shape index (κ1) is 15.8. The number of fused-ring (bicyclic) bond motifs is 1. The van der Waals surface area contributed by atoms with Gasteiger partial charge in [-0.05, 0) is 44.6 Å². The fraction of sp³-hybridized carbons (Fsp3) is 0.471. The van der Waals surface area contributed by atoms with Gasteiger partial charge >= 0.3 is 0 Å². The van der Waals surface area contributed by atoms with Gasteiger partial charge in [0.2, 0.25) is 0 Å². The summed E-state index contributed by atoms with van der Waals surface area (Å²) >= 11 is 1.54. The Hall–Kier alpha value is -2.13. The summed E-state index contributed by atoms with van der Waals surface area (Å²) in [5, 5.41) is 16.9. The van der Waals surface area contributed by atoms with E-state index in [4.69, 9.17) is 4.52 Å². The lowest BCUT2D eigenvalue weighted by atomic mass is 9.86. The Morgan fingerprint density at radius 3 is 2.91 bits per heavy atom. The predicted octanol–water partition coefficient (Wildman–Crippen LogP) is 3.99. The number of carbonyl (C=O) groups is 1. The summed E-state index contributed by atoms with van der Waals surface area (Å²) in [6.07, 6.45) is 4.20. The number of nitriles is 1. The van der Waals surface area contributed by atoms with E-state index in [0.717, 1.165) is 31.2 Å². The molecule has 2 aromatic rings. The van der Waals surface area contributed by atoms with E-state index < -0.39 is 0 Å². The molecule has 1 aliphatic carbocycles. The molecular weight excluding hydrogens is 310 g/mol. The zero-order valence-corrected chi connectivity index (χ0v) is 14.3. The highest BCUT2D eigenvalue weighted by molar-refractivity contribution is 7.16. The minimum atomic E-state index is -0.261. The molecule has 1 N–H and O–H groups in total. The first-order valence-corrected chi connectivity index (χ1v) is 8.65. The topological polar surface area (TPSA) is 78.9 Å². The van der Waals surface area contributed by atoms with Gasteiger partial charge in [-0.2, -0.15) is 5.26 Å². The fourth-order valence-corrected chi connectivity index (χ4v) is 4.49. The molecule has 6 heteroatoms.